The monoisotopic (exact) mass is 420 g/mol. The van der Waals surface area contributed by atoms with Gasteiger partial charge in [-0.05, 0) is 50.6 Å². The van der Waals surface area contributed by atoms with E-state index in [-0.39, 0.29) is 18.1 Å². The fourth-order valence-electron chi connectivity index (χ4n) is 2.34. The zero-order valence-electron chi connectivity index (χ0n) is 15.6. The minimum absolute atomic E-state index is 0.0678. The third kappa shape index (κ3) is 6.26. The molecule has 2 aromatic carbocycles. The number of amides is 1. The van der Waals surface area contributed by atoms with Gasteiger partial charge in [0.25, 0.3) is 5.91 Å². The van der Waals surface area contributed by atoms with Crippen molar-refractivity contribution in [3.8, 4) is 11.5 Å². The maximum absolute atomic E-state index is 11.9. The average Bonchev–Trinajstić information content (AvgIpc) is 2.58. The summed E-state index contributed by atoms with van der Waals surface area (Å²) in [7, 11) is 1.58. The number of benzene rings is 2. The zero-order valence-corrected chi connectivity index (χ0v) is 17.1. The maximum Gasteiger partial charge on any atom is 0.258 e. The van der Waals surface area contributed by atoms with Crippen molar-refractivity contribution in [2.24, 2.45) is 0 Å². The number of methoxy groups -OCH3 is 1. The number of anilines is 1. The van der Waals surface area contributed by atoms with E-state index in [0.717, 1.165) is 15.7 Å². The second-order valence-electron chi connectivity index (χ2n) is 6.90. The summed E-state index contributed by atoms with van der Waals surface area (Å²) in [6.45, 7) is 6.34. The van der Waals surface area contributed by atoms with Crippen LogP contribution < -0.4 is 20.1 Å². The Balaban J connectivity index is 2.05. The molecule has 6 heteroatoms. The summed E-state index contributed by atoms with van der Waals surface area (Å²) in [5.41, 5.74) is 1.77. The largest absolute Gasteiger partial charge is 0.493 e. The molecule has 0 bridgehead atoms. The van der Waals surface area contributed by atoms with Gasteiger partial charge >= 0.3 is 0 Å². The van der Waals surface area contributed by atoms with Gasteiger partial charge in [-0.2, -0.15) is 0 Å². The molecule has 140 valence electrons. The van der Waals surface area contributed by atoms with Gasteiger partial charge in [-0.15, -0.1) is 0 Å². The van der Waals surface area contributed by atoms with Crippen molar-refractivity contribution >= 4 is 27.5 Å². The van der Waals surface area contributed by atoms with Crippen LogP contribution in [0.15, 0.2) is 46.9 Å². The van der Waals surface area contributed by atoms with Crippen LogP contribution in [0.1, 0.15) is 26.3 Å². The van der Waals surface area contributed by atoms with Crippen LogP contribution in [-0.2, 0) is 11.3 Å². The molecule has 0 aromatic heterocycles. The normalized spacial score (nSPS) is 11.0. The first-order valence-corrected chi connectivity index (χ1v) is 9.17. The highest BCUT2D eigenvalue weighted by atomic mass is 79.9. The fraction of sp³-hybridized carbons (Fsp3) is 0.350. The number of carbonyl (C=O) groups excluding carboxylic acids is 1. The molecule has 0 spiro atoms. The third-order valence-corrected chi connectivity index (χ3v) is 4.20. The average molecular weight is 421 g/mol. The van der Waals surface area contributed by atoms with Gasteiger partial charge in [0.1, 0.15) is 0 Å². The Morgan fingerprint density at radius 1 is 1.12 bits per heavy atom. The van der Waals surface area contributed by atoms with Gasteiger partial charge in [-0.25, -0.2) is 0 Å². The third-order valence-electron chi connectivity index (χ3n) is 3.46. The molecule has 0 radical (unpaired) electrons. The molecular formula is C20H25BrN2O3. The van der Waals surface area contributed by atoms with Crippen LogP contribution in [0, 0.1) is 0 Å². The van der Waals surface area contributed by atoms with Gasteiger partial charge < -0.3 is 20.1 Å². The van der Waals surface area contributed by atoms with Gasteiger partial charge in [-0.3, -0.25) is 4.79 Å². The van der Waals surface area contributed by atoms with Crippen LogP contribution in [0.25, 0.3) is 0 Å². The van der Waals surface area contributed by atoms with E-state index in [4.69, 9.17) is 9.47 Å². The molecule has 26 heavy (non-hydrogen) atoms. The molecule has 2 aromatic rings. The number of halogens is 1. The number of rotatable bonds is 7. The molecule has 2 N–H and O–H groups in total. The first-order valence-electron chi connectivity index (χ1n) is 8.37. The minimum Gasteiger partial charge on any atom is -0.493 e. The second kappa shape index (κ2) is 8.94. The molecular weight excluding hydrogens is 396 g/mol. The van der Waals surface area contributed by atoms with Crippen molar-refractivity contribution in [1.29, 1.82) is 0 Å². The Morgan fingerprint density at radius 2 is 1.81 bits per heavy atom. The highest BCUT2D eigenvalue weighted by Gasteiger charge is 2.16. The molecule has 0 heterocycles. The topological polar surface area (TPSA) is 59.6 Å². The highest BCUT2D eigenvalue weighted by molar-refractivity contribution is 9.10. The van der Waals surface area contributed by atoms with Crippen molar-refractivity contribution in [3.63, 3.8) is 0 Å². The first-order chi connectivity index (χ1) is 12.3. The van der Waals surface area contributed by atoms with E-state index in [1.807, 2.05) is 63.2 Å². The van der Waals surface area contributed by atoms with Gasteiger partial charge in [0.15, 0.2) is 18.1 Å². The van der Waals surface area contributed by atoms with E-state index >= 15 is 0 Å². The summed E-state index contributed by atoms with van der Waals surface area (Å²) in [5, 5.41) is 6.22. The van der Waals surface area contributed by atoms with Crippen LogP contribution >= 0.6 is 15.9 Å². The molecule has 0 aliphatic heterocycles. The van der Waals surface area contributed by atoms with Crippen LogP contribution in [0.4, 0.5) is 5.69 Å². The SMILES string of the molecule is COc1cc(CNc2ccccc2)c(Br)cc1OCC(=O)NC(C)(C)C. The Hall–Kier alpha value is -2.21. The van der Waals surface area contributed by atoms with Crippen LogP contribution in [-0.4, -0.2) is 25.2 Å². The van der Waals surface area contributed by atoms with Gasteiger partial charge in [0.05, 0.1) is 7.11 Å². The standard InChI is InChI=1S/C20H25BrN2O3/c1-20(2,3)23-19(24)13-26-18-11-16(21)14(10-17(18)25-4)12-22-15-8-6-5-7-9-15/h5-11,22H,12-13H2,1-4H3,(H,23,24). The van der Waals surface area contributed by atoms with Crippen LogP contribution in [0.3, 0.4) is 0 Å². The van der Waals surface area contributed by atoms with Crippen LogP contribution in [0.5, 0.6) is 11.5 Å². The second-order valence-corrected chi connectivity index (χ2v) is 7.76. The molecule has 0 unspecified atom stereocenters. The highest BCUT2D eigenvalue weighted by Crippen LogP contribution is 2.34. The summed E-state index contributed by atoms with van der Waals surface area (Å²) in [6, 6.07) is 13.7. The number of para-hydroxylation sites is 1. The Kier molecular flexibility index (Phi) is 6.91. The minimum atomic E-state index is -0.294. The smallest absolute Gasteiger partial charge is 0.258 e. The van der Waals surface area contributed by atoms with Crippen molar-refractivity contribution in [2.45, 2.75) is 32.9 Å². The molecule has 0 atom stereocenters. The van der Waals surface area contributed by atoms with E-state index in [9.17, 15) is 4.79 Å². The lowest BCUT2D eigenvalue weighted by atomic mass is 10.1. The molecule has 0 aliphatic carbocycles. The molecule has 2 rings (SSSR count). The van der Waals surface area contributed by atoms with Gasteiger partial charge in [-0.1, -0.05) is 34.1 Å². The lowest BCUT2D eigenvalue weighted by molar-refractivity contribution is -0.124. The fourth-order valence-corrected chi connectivity index (χ4v) is 2.80. The summed E-state index contributed by atoms with van der Waals surface area (Å²) in [4.78, 5) is 11.9. The number of carbonyl (C=O) groups is 1. The Bertz CT molecular complexity index is 743. The number of hydrogen-bond donors (Lipinski definition) is 2. The molecule has 0 saturated heterocycles. The Labute approximate surface area is 163 Å². The maximum atomic E-state index is 11.9. The zero-order chi connectivity index (χ0) is 19.2. The number of nitrogens with one attached hydrogen (secondary N) is 2. The summed E-state index contributed by atoms with van der Waals surface area (Å²) in [5.74, 6) is 0.930. The van der Waals surface area contributed by atoms with E-state index in [1.165, 1.54) is 0 Å². The summed E-state index contributed by atoms with van der Waals surface area (Å²) in [6.07, 6.45) is 0. The van der Waals surface area contributed by atoms with E-state index in [2.05, 4.69) is 26.6 Å². The van der Waals surface area contributed by atoms with E-state index in [1.54, 1.807) is 7.11 Å². The summed E-state index contributed by atoms with van der Waals surface area (Å²) >= 11 is 3.56. The Morgan fingerprint density at radius 3 is 2.42 bits per heavy atom. The van der Waals surface area contributed by atoms with E-state index in [0.29, 0.717) is 18.0 Å². The van der Waals surface area contributed by atoms with Crippen molar-refractivity contribution in [1.82, 2.24) is 5.32 Å². The lowest BCUT2D eigenvalue weighted by Gasteiger charge is -2.21. The quantitative estimate of drug-likeness (QED) is 0.698. The molecule has 0 aliphatic rings. The predicted molar refractivity (Wildman–Crippen MR) is 108 cm³/mol. The van der Waals surface area contributed by atoms with Gasteiger partial charge in [0.2, 0.25) is 0 Å². The molecule has 0 saturated carbocycles. The first kappa shape index (κ1) is 20.1. The molecule has 5 nitrogen and oxygen atoms in total. The predicted octanol–water partition coefficient (Wildman–Crippen LogP) is 4.36. The van der Waals surface area contributed by atoms with E-state index < -0.39 is 0 Å². The summed E-state index contributed by atoms with van der Waals surface area (Å²) < 4.78 is 12.0. The number of hydrogen-bond acceptors (Lipinski definition) is 4. The van der Waals surface area contributed by atoms with Crippen molar-refractivity contribution < 1.29 is 14.3 Å². The molecule has 1 amide bonds. The van der Waals surface area contributed by atoms with Crippen molar-refractivity contribution in [2.75, 3.05) is 19.0 Å². The lowest BCUT2D eigenvalue weighted by Crippen LogP contribution is -2.43. The van der Waals surface area contributed by atoms with Crippen LogP contribution in [0.2, 0.25) is 0 Å². The number of ether oxygens (including phenoxy) is 2. The molecule has 0 fully saturated rings. The van der Waals surface area contributed by atoms with Crippen molar-refractivity contribution in [3.05, 3.63) is 52.5 Å². The van der Waals surface area contributed by atoms with Gasteiger partial charge in [0, 0.05) is 22.2 Å².